The number of amides is 1. The van der Waals surface area contributed by atoms with E-state index in [1.54, 1.807) is 0 Å². The van der Waals surface area contributed by atoms with Crippen molar-refractivity contribution in [3.8, 4) is 0 Å². The van der Waals surface area contributed by atoms with Crippen LogP contribution >= 0.6 is 0 Å². The molecule has 4 nitrogen and oxygen atoms in total. The molecule has 0 spiro atoms. The fraction of sp³-hybridized carbons (Fsp3) is 0.429. The Labute approximate surface area is 66.2 Å². The van der Waals surface area contributed by atoms with Crippen molar-refractivity contribution in [2.24, 2.45) is 10.7 Å². The Kier molecular flexibility index (Phi) is 4.81. The van der Waals surface area contributed by atoms with Crippen LogP contribution in [-0.2, 0) is 4.79 Å². The smallest absolute Gasteiger partial charge is 0.211 e. The first kappa shape index (κ1) is 9.68. The number of carbonyl (C=O) groups is 1. The molecule has 0 aromatic carbocycles. The van der Waals surface area contributed by atoms with Crippen LogP contribution in [0.5, 0.6) is 0 Å². The van der Waals surface area contributed by atoms with Crippen LogP contribution in [0.25, 0.3) is 0 Å². The molecule has 0 heterocycles. The lowest BCUT2D eigenvalue weighted by atomic mass is 10.4. The zero-order valence-corrected chi connectivity index (χ0v) is 6.74. The molecule has 0 unspecified atom stereocenters. The Morgan fingerprint density at radius 3 is 2.64 bits per heavy atom. The number of nitrogens with one attached hydrogen (secondary N) is 1. The first-order valence-electron chi connectivity index (χ1n) is 3.36. The minimum Gasteiger partial charge on any atom is -0.403 e. The third kappa shape index (κ3) is 5.14. The van der Waals surface area contributed by atoms with Crippen molar-refractivity contribution in [3.05, 3.63) is 11.9 Å². The Balaban J connectivity index is 3.98. The van der Waals surface area contributed by atoms with Gasteiger partial charge in [-0.1, -0.05) is 0 Å². The van der Waals surface area contributed by atoms with Crippen molar-refractivity contribution >= 4 is 12.6 Å². The number of nitrogens with two attached hydrogens (primary N) is 1. The minimum absolute atomic E-state index is 0.207. The van der Waals surface area contributed by atoms with Crippen LogP contribution in [0.3, 0.4) is 0 Å². The lowest BCUT2D eigenvalue weighted by molar-refractivity contribution is -0.108. The van der Waals surface area contributed by atoms with E-state index in [9.17, 15) is 4.79 Å². The molecular formula is C7H13N3O. The number of hydrogen-bond donors (Lipinski definition) is 2. The quantitative estimate of drug-likeness (QED) is 0.443. The molecule has 3 N–H and O–H groups in total. The molecule has 0 aromatic rings. The summed E-state index contributed by atoms with van der Waals surface area (Å²) in [6.45, 7) is 3.87. The lowest BCUT2D eigenvalue weighted by Crippen LogP contribution is -2.13. The summed E-state index contributed by atoms with van der Waals surface area (Å²) >= 11 is 0. The maximum absolute atomic E-state index is 9.95. The molecule has 0 bridgehead atoms. The van der Waals surface area contributed by atoms with Gasteiger partial charge in [-0.05, 0) is 13.8 Å². The van der Waals surface area contributed by atoms with Gasteiger partial charge in [-0.2, -0.15) is 0 Å². The second kappa shape index (κ2) is 5.46. The molecule has 0 saturated carbocycles. The molecule has 0 aliphatic carbocycles. The molecule has 0 fully saturated rings. The van der Waals surface area contributed by atoms with Gasteiger partial charge < -0.3 is 11.1 Å². The van der Waals surface area contributed by atoms with E-state index in [4.69, 9.17) is 5.73 Å². The summed E-state index contributed by atoms with van der Waals surface area (Å²) in [5.74, 6) is 0. The van der Waals surface area contributed by atoms with E-state index in [0.717, 1.165) is 0 Å². The van der Waals surface area contributed by atoms with Gasteiger partial charge in [0, 0.05) is 18.5 Å². The van der Waals surface area contributed by atoms with Crippen LogP contribution in [0.15, 0.2) is 16.9 Å². The van der Waals surface area contributed by atoms with Crippen LogP contribution in [0.2, 0.25) is 0 Å². The Hall–Kier alpha value is -1.32. The maximum Gasteiger partial charge on any atom is 0.211 e. The molecule has 0 aliphatic rings. The van der Waals surface area contributed by atoms with Gasteiger partial charge in [0.2, 0.25) is 6.41 Å². The summed E-state index contributed by atoms with van der Waals surface area (Å²) in [5.41, 5.74) is 5.68. The highest BCUT2D eigenvalue weighted by atomic mass is 16.1. The first-order chi connectivity index (χ1) is 5.20. The number of hydrogen-bond acceptors (Lipinski definition) is 3. The van der Waals surface area contributed by atoms with Gasteiger partial charge in [0.05, 0.1) is 5.70 Å². The SMILES string of the molecule is CC(C)N=C/C(=C\N)NC=O. The molecule has 4 heteroatoms. The largest absolute Gasteiger partial charge is 0.403 e. The van der Waals surface area contributed by atoms with Crippen molar-refractivity contribution in [2.45, 2.75) is 19.9 Å². The topological polar surface area (TPSA) is 67.5 Å². The molecule has 0 aromatic heterocycles. The van der Waals surface area contributed by atoms with Gasteiger partial charge >= 0.3 is 0 Å². The predicted octanol–water partition coefficient (Wildman–Crippen LogP) is 0.0117. The molecule has 0 atom stereocenters. The zero-order chi connectivity index (χ0) is 8.69. The van der Waals surface area contributed by atoms with E-state index in [-0.39, 0.29) is 6.04 Å². The van der Waals surface area contributed by atoms with Crippen LogP contribution < -0.4 is 11.1 Å². The number of aliphatic imine (C=N–C) groups is 1. The van der Waals surface area contributed by atoms with Crippen molar-refractivity contribution in [1.29, 1.82) is 0 Å². The van der Waals surface area contributed by atoms with E-state index in [0.29, 0.717) is 12.1 Å². The van der Waals surface area contributed by atoms with Crippen molar-refractivity contribution in [1.82, 2.24) is 5.32 Å². The van der Waals surface area contributed by atoms with E-state index in [2.05, 4.69) is 10.3 Å². The van der Waals surface area contributed by atoms with Crippen LogP contribution in [0.1, 0.15) is 13.8 Å². The highest BCUT2D eigenvalue weighted by molar-refractivity contribution is 5.81. The summed E-state index contributed by atoms with van der Waals surface area (Å²) < 4.78 is 0. The number of carbonyl (C=O) groups excluding carboxylic acids is 1. The van der Waals surface area contributed by atoms with Crippen molar-refractivity contribution in [2.75, 3.05) is 0 Å². The van der Waals surface area contributed by atoms with Crippen molar-refractivity contribution in [3.63, 3.8) is 0 Å². The zero-order valence-electron chi connectivity index (χ0n) is 6.74. The molecular weight excluding hydrogens is 142 g/mol. The van der Waals surface area contributed by atoms with E-state index in [1.807, 2.05) is 13.8 Å². The summed E-state index contributed by atoms with van der Waals surface area (Å²) in [4.78, 5) is 14.0. The Morgan fingerprint density at radius 1 is 1.64 bits per heavy atom. The normalized spacial score (nSPS) is 12.5. The van der Waals surface area contributed by atoms with Gasteiger partial charge in [-0.15, -0.1) is 0 Å². The van der Waals surface area contributed by atoms with E-state index < -0.39 is 0 Å². The van der Waals surface area contributed by atoms with Gasteiger partial charge in [0.25, 0.3) is 0 Å². The summed E-state index contributed by atoms with van der Waals surface area (Å²) in [7, 11) is 0. The monoisotopic (exact) mass is 155 g/mol. The minimum atomic E-state index is 0.207. The molecule has 0 radical (unpaired) electrons. The molecule has 0 aliphatic heterocycles. The summed E-state index contributed by atoms with van der Waals surface area (Å²) in [5, 5.41) is 2.39. The average Bonchev–Trinajstić information content (AvgIpc) is 1.97. The fourth-order valence-electron chi connectivity index (χ4n) is 0.426. The maximum atomic E-state index is 9.95. The molecule has 11 heavy (non-hydrogen) atoms. The van der Waals surface area contributed by atoms with E-state index >= 15 is 0 Å². The highest BCUT2D eigenvalue weighted by Crippen LogP contribution is 1.86. The van der Waals surface area contributed by atoms with Gasteiger partial charge in [-0.3, -0.25) is 9.79 Å². The van der Waals surface area contributed by atoms with Crippen LogP contribution in [0, 0.1) is 0 Å². The van der Waals surface area contributed by atoms with E-state index in [1.165, 1.54) is 12.4 Å². The average molecular weight is 155 g/mol. The summed E-state index contributed by atoms with van der Waals surface area (Å²) in [6.07, 6.45) is 3.38. The molecule has 0 saturated heterocycles. The van der Waals surface area contributed by atoms with Gasteiger partial charge in [-0.25, -0.2) is 0 Å². The predicted molar refractivity (Wildman–Crippen MR) is 45.1 cm³/mol. The standard InChI is InChI=1S/C7H13N3O/c1-6(2)9-4-7(3-8)10-5-11/h3-6H,8H2,1-2H3,(H,10,11)/b7-3+,9-4?. The Morgan fingerprint density at radius 2 is 2.27 bits per heavy atom. The van der Waals surface area contributed by atoms with Crippen molar-refractivity contribution < 1.29 is 4.79 Å². The second-order valence-corrected chi connectivity index (χ2v) is 2.26. The van der Waals surface area contributed by atoms with Crippen LogP contribution in [0.4, 0.5) is 0 Å². The Bertz CT molecular complexity index is 173. The number of rotatable bonds is 4. The highest BCUT2D eigenvalue weighted by Gasteiger charge is 1.88. The first-order valence-corrected chi connectivity index (χ1v) is 3.36. The summed E-state index contributed by atoms with van der Waals surface area (Å²) in [6, 6.07) is 0.207. The second-order valence-electron chi connectivity index (χ2n) is 2.26. The van der Waals surface area contributed by atoms with Crippen LogP contribution in [-0.4, -0.2) is 18.7 Å². The molecule has 1 amide bonds. The third-order valence-electron chi connectivity index (χ3n) is 0.917. The third-order valence-corrected chi connectivity index (χ3v) is 0.917. The van der Waals surface area contributed by atoms with Gasteiger partial charge in [0.1, 0.15) is 0 Å². The molecule has 62 valence electrons. The number of allylic oxidation sites excluding steroid dienone is 1. The number of nitrogens with zero attached hydrogens (tertiary/aromatic N) is 1. The van der Waals surface area contributed by atoms with Gasteiger partial charge in [0.15, 0.2) is 0 Å². The fourth-order valence-corrected chi connectivity index (χ4v) is 0.426. The lowest BCUT2D eigenvalue weighted by Gasteiger charge is -1.97. The molecule has 0 rings (SSSR count).